The van der Waals surface area contributed by atoms with Crippen LogP contribution in [0, 0.1) is 32.8 Å². The first kappa shape index (κ1) is 20.3. The molecule has 22 heavy (non-hydrogen) atoms. The molecule has 0 aromatic heterocycles. The summed E-state index contributed by atoms with van der Waals surface area (Å²) in [6.07, 6.45) is -0.529. The standard InChI is InChI=1S/C15H27NO6/c1-14(2,3)11(12(13(19)20)15(4,5)6)9(16(21)22)7-8-10(17)18/h9,11-12H,7-8H2,1-6H3,(H,17,18)(H,19,20). The van der Waals surface area contributed by atoms with E-state index in [1.807, 2.05) is 0 Å². The first-order valence-corrected chi connectivity index (χ1v) is 7.27. The van der Waals surface area contributed by atoms with Crippen LogP contribution in [0.5, 0.6) is 0 Å². The maximum atomic E-state index is 11.8. The number of rotatable bonds is 7. The van der Waals surface area contributed by atoms with Crippen LogP contribution < -0.4 is 0 Å². The van der Waals surface area contributed by atoms with Crippen molar-refractivity contribution in [1.29, 1.82) is 0 Å². The maximum Gasteiger partial charge on any atom is 0.307 e. The summed E-state index contributed by atoms with van der Waals surface area (Å²) >= 11 is 0. The average molecular weight is 317 g/mol. The lowest BCUT2D eigenvalue weighted by molar-refractivity contribution is -0.539. The first-order valence-electron chi connectivity index (χ1n) is 7.27. The number of hydrogen-bond acceptors (Lipinski definition) is 4. The van der Waals surface area contributed by atoms with Gasteiger partial charge in [0.05, 0.1) is 12.3 Å². The van der Waals surface area contributed by atoms with Crippen molar-refractivity contribution in [2.45, 2.75) is 60.4 Å². The molecular formula is C15H27NO6. The third-order valence-electron chi connectivity index (χ3n) is 3.90. The van der Waals surface area contributed by atoms with Crippen LogP contribution in [-0.4, -0.2) is 33.1 Å². The zero-order valence-corrected chi connectivity index (χ0v) is 14.1. The highest BCUT2D eigenvalue weighted by Gasteiger charge is 2.51. The molecule has 0 aliphatic heterocycles. The summed E-state index contributed by atoms with van der Waals surface area (Å²) in [6.45, 7) is 10.5. The van der Waals surface area contributed by atoms with Gasteiger partial charge in [-0.25, -0.2) is 0 Å². The third-order valence-corrected chi connectivity index (χ3v) is 3.90. The van der Waals surface area contributed by atoms with E-state index in [4.69, 9.17) is 5.11 Å². The smallest absolute Gasteiger partial charge is 0.307 e. The molecule has 0 fully saturated rings. The molecule has 0 radical (unpaired) electrons. The van der Waals surface area contributed by atoms with Crippen molar-refractivity contribution in [2.75, 3.05) is 0 Å². The van der Waals surface area contributed by atoms with Crippen molar-refractivity contribution in [3.8, 4) is 0 Å². The van der Waals surface area contributed by atoms with Gasteiger partial charge in [-0.3, -0.25) is 19.7 Å². The molecule has 0 saturated carbocycles. The molecule has 3 atom stereocenters. The number of carbonyl (C=O) groups is 2. The predicted octanol–water partition coefficient (Wildman–Crippen LogP) is 2.91. The van der Waals surface area contributed by atoms with E-state index in [9.17, 15) is 24.8 Å². The second kappa shape index (κ2) is 7.07. The van der Waals surface area contributed by atoms with E-state index in [0.29, 0.717) is 0 Å². The third kappa shape index (κ3) is 5.61. The Hall–Kier alpha value is -1.66. The highest BCUT2D eigenvalue weighted by atomic mass is 16.6. The molecular weight excluding hydrogens is 290 g/mol. The number of nitro groups is 1. The zero-order chi connectivity index (χ0) is 17.9. The molecule has 0 amide bonds. The first-order chi connectivity index (χ1) is 9.69. The minimum absolute atomic E-state index is 0.176. The van der Waals surface area contributed by atoms with Gasteiger partial charge in [0.25, 0.3) is 0 Å². The number of carboxylic acid groups (broad SMARTS) is 2. The summed E-state index contributed by atoms with van der Waals surface area (Å²) in [5.41, 5.74) is -1.33. The molecule has 0 aromatic carbocycles. The lowest BCUT2D eigenvalue weighted by atomic mass is 9.61. The summed E-state index contributed by atoms with van der Waals surface area (Å²) in [4.78, 5) is 33.5. The molecule has 0 heterocycles. The molecule has 3 unspecified atom stereocenters. The van der Waals surface area contributed by atoms with Crippen molar-refractivity contribution in [3.05, 3.63) is 10.1 Å². The number of nitrogens with zero attached hydrogens (tertiary/aromatic N) is 1. The van der Waals surface area contributed by atoms with Crippen LogP contribution in [0.1, 0.15) is 54.4 Å². The van der Waals surface area contributed by atoms with Crippen molar-refractivity contribution < 1.29 is 24.7 Å². The van der Waals surface area contributed by atoms with Crippen LogP contribution in [0.2, 0.25) is 0 Å². The fourth-order valence-electron chi connectivity index (χ4n) is 3.05. The second-order valence-electron chi connectivity index (χ2n) is 7.86. The van der Waals surface area contributed by atoms with Gasteiger partial charge in [0, 0.05) is 17.3 Å². The Morgan fingerprint density at radius 3 is 1.73 bits per heavy atom. The van der Waals surface area contributed by atoms with Crippen molar-refractivity contribution >= 4 is 11.9 Å². The van der Waals surface area contributed by atoms with Crippen LogP contribution in [0.15, 0.2) is 0 Å². The fourth-order valence-corrected chi connectivity index (χ4v) is 3.05. The van der Waals surface area contributed by atoms with Gasteiger partial charge in [-0.1, -0.05) is 41.5 Å². The topological polar surface area (TPSA) is 118 Å². The molecule has 2 N–H and O–H groups in total. The normalized spacial score (nSPS) is 16.6. The van der Waals surface area contributed by atoms with Crippen LogP contribution in [0.25, 0.3) is 0 Å². The van der Waals surface area contributed by atoms with E-state index in [1.165, 1.54) is 0 Å². The number of hydrogen-bond donors (Lipinski definition) is 2. The number of aliphatic carboxylic acids is 2. The Morgan fingerprint density at radius 1 is 1.05 bits per heavy atom. The highest BCUT2D eigenvalue weighted by Crippen LogP contribution is 2.45. The summed E-state index contributed by atoms with van der Waals surface area (Å²) in [7, 11) is 0. The molecule has 128 valence electrons. The van der Waals surface area contributed by atoms with Gasteiger partial charge in [0.1, 0.15) is 0 Å². The highest BCUT2D eigenvalue weighted by molar-refractivity contribution is 5.71. The average Bonchev–Trinajstić information content (AvgIpc) is 2.22. The Bertz CT molecular complexity index is 432. The Morgan fingerprint density at radius 2 is 1.50 bits per heavy atom. The molecule has 0 spiro atoms. The van der Waals surface area contributed by atoms with E-state index >= 15 is 0 Å². The summed E-state index contributed by atoms with van der Waals surface area (Å²) in [5.74, 6) is -3.94. The van der Waals surface area contributed by atoms with Crippen LogP contribution in [0.4, 0.5) is 0 Å². The minimum atomic E-state index is -1.21. The molecule has 0 aromatic rings. The van der Waals surface area contributed by atoms with Crippen LogP contribution >= 0.6 is 0 Å². The summed E-state index contributed by atoms with van der Waals surface area (Å²) in [5, 5.41) is 29.9. The lowest BCUT2D eigenvalue weighted by Crippen LogP contribution is -2.49. The molecule has 0 aliphatic carbocycles. The van der Waals surface area contributed by atoms with Crippen LogP contribution in [-0.2, 0) is 9.59 Å². The van der Waals surface area contributed by atoms with Crippen molar-refractivity contribution in [2.24, 2.45) is 22.7 Å². The fraction of sp³-hybridized carbons (Fsp3) is 0.867. The largest absolute Gasteiger partial charge is 0.481 e. The molecule has 0 aliphatic rings. The van der Waals surface area contributed by atoms with Crippen molar-refractivity contribution in [3.63, 3.8) is 0 Å². The van der Waals surface area contributed by atoms with E-state index < -0.39 is 45.6 Å². The Kier molecular flexibility index (Phi) is 6.53. The zero-order valence-electron chi connectivity index (χ0n) is 14.1. The van der Waals surface area contributed by atoms with Gasteiger partial charge in [-0.15, -0.1) is 0 Å². The van der Waals surface area contributed by atoms with E-state index in [1.54, 1.807) is 41.5 Å². The van der Waals surface area contributed by atoms with Crippen molar-refractivity contribution in [1.82, 2.24) is 0 Å². The molecule has 0 rings (SSSR count). The molecule has 7 nitrogen and oxygen atoms in total. The Labute approximate surface area is 130 Å². The van der Waals surface area contributed by atoms with Gasteiger partial charge in [-0.05, 0) is 10.8 Å². The van der Waals surface area contributed by atoms with Gasteiger partial charge in [-0.2, -0.15) is 0 Å². The quantitative estimate of drug-likeness (QED) is 0.550. The second-order valence-corrected chi connectivity index (χ2v) is 7.86. The summed E-state index contributed by atoms with van der Waals surface area (Å²) < 4.78 is 0. The molecule has 7 heteroatoms. The monoisotopic (exact) mass is 317 g/mol. The van der Waals surface area contributed by atoms with Gasteiger partial charge in [0.2, 0.25) is 6.04 Å². The van der Waals surface area contributed by atoms with Gasteiger partial charge < -0.3 is 10.2 Å². The number of carboxylic acids is 2. The molecule has 0 saturated heterocycles. The van der Waals surface area contributed by atoms with E-state index in [-0.39, 0.29) is 12.8 Å². The molecule has 0 bridgehead atoms. The minimum Gasteiger partial charge on any atom is -0.481 e. The lowest BCUT2D eigenvalue weighted by Gasteiger charge is -2.42. The van der Waals surface area contributed by atoms with E-state index in [0.717, 1.165) is 0 Å². The maximum absolute atomic E-state index is 11.8. The van der Waals surface area contributed by atoms with Gasteiger partial charge >= 0.3 is 11.9 Å². The predicted molar refractivity (Wildman–Crippen MR) is 81.2 cm³/mol. The SMILES string of the molecule is CC(C)(C)C(C(=O)O)C(C(CCC(=O)O)[N+](=O)[O-])C(C)(C)C. The van der Waals surface area contributed by atoms with Crippen LogP contribution in [0.3, 0.4) is 0 Å². The summed E-state index contributed by atoms with van der Waals surface area (Å²) in [6, 6.07) is -1.21. The van der Waals surface area contributed by atoms with E-state index in [2.05, 4.69) is 0 Å². The Balaban J connectivity index is 5.90. The van der Waals surface area contributed by atoms with Gasteiger partial charge in [0.15, 0.2) is 0 Å².